The smallest absolute Gasteiger partial charge is 0.0407 e. The highest BCUT2D eigenvalue weighted by Crippen LogP contribution is 2.49. The number of piperidine rings is 1. The molecule has 0 N–H and O–H groups in total. The maximum Gasteiger partial charge on any atom is 0.0407 e. The molecule has 0 saturated carbocycles. The second-order valence-electron chi connectivity index (χ2n) is 6.00. The summed E-state index contributed by atoms with van der Waals surface area (Å²) in [4.78, 5) is 2.66. The third-order valence-electron chi connectivity index (χ3n) is 4.58. The molecule has 0 bridgehead atoms. The fourth-order valence-corrected chi connectivity index (χ4v) is 3.99. The first kappa shape index (κ1) is 10.2. The predicted molar refractivity (Wildman–Crippen MR) is 69.0 cm³/mol. The van der Waals surface area contributed by atoms with Crippen LogP contribution in [0, 0.1) is 5.92 Å². The second-order valence-corrected chi connectivity index (χ2v) is 6.00. The molecule has 3 rings (SSSR count). The molecule has 1 nitrogen and oxygen atoms in total. The number of anilines is 1. The van der Waals surface area contributed by atoms with Gasteiger partial charge in [0.1, 0.15) is 0 Å². The van der Waals surface area contributed by atoms with Gasteiger partial charge in [0, 0.05) is 23.7 Å². The number of para-hydroxylation sites is 1. The zero-order valence-corrected chi connectivity index (χ0v) is 10.5. The molecule has 0 aromatic heterocycles. The summed E-state index contributed by atoms with van der Waals surface area (Å²) in [6.45, 7) is 8.50. The van der Waals surface area contributed by atoms with Crippen molar-refractivity contribution in [3.8, 4) is 0 Å². The highest BCUT2D eigenvalue weighted by atomic mass is 15.2. The standard InChI is InChI=1S/C15H21N/c1-11-7-6-10-16-13-9-5-4-8-12(13)15(2,3)14(11)16/h4-5,8-9,11,14H,6-7,10H2,1-3H3. The molecule has 1 aromatic rings. The van der Waals surface area contributed by atoms with Crippen molar-refractivity contribution in [3.05, 3.63) is 29.8 Å². The summed E-state index contributed by atoms with van der Waals surface area (Å²) in [5.74, 6) is 0.816. The Morgan fingerprint density at radius 2 is 2.00 bits per heavy atom. The molecule has 16 heavy (non-hydrogen) atoms. The van der Waals surface area contributed by atoms with Crippen molar-refractivity contribution in [2.45, 2.75) is 45.1 Å². The van der Waals surface area contributed by atoms with Gasteiger partial charge in [0.2, 0.25) is 0 Å². The van der Waals surface area contributed by atoms with E-state index in [0.29, 0.717) is 11.5 Å². The Labute approximate surface area is 98.5 Å². The lowest BCUT2D eigenvalue weighted by molar-refractivity contribution is 0.269. The molecule has 1 heteroatoms. The van der Waals surface area contributed by atoms with Crippen molar-refractivity contribution in [2.75, 3.05) is 11.4 Å². The van der Waals surface area contributed by atoms with Crippen LogP contribution >= 0.6 is 0 Å². The van der Waals surface area contributed by atoms with Crippen LogP contribution < -0.4 is 4.90 Å². The lowest BCUT2D eigenvalue weighted by Gasteiger charge is -2.42. The third-order valence-corrected chi connectivity index (χ3v) is 4.58. The maximum atomic E-state index is 2.66. The molecular formula is C15H21N. The Bertz CT molecular complexity index is 408. The minimum absolute atomic E-state index is 0.316. The van der Waals surface area contributed by atoms with Crippen LogP contribution in [0.2, 0.25) is 0 Å². The van der Waals surface area contributed by atoms with Gasteiger partial charge in [0.25, 0.3) is 0 Å². The van der Waals surface area contributed by atoms with Crippen molar-refractivity contribution in [3.63, 3.8) is 0 Å². The topological polar surface area (TPSA) is 3.24 Å². The quantitative estimate of drug-likeness (QED) is 0.639. The van der Waals surface area contributed by atoms with Crippen LogP contribution in [0.3, 0.4) is 0 Å². The van der Waals surface area contributed by atoms with Crippen molar-refractivity contribution in [1.29, 1.82) is 0 Å². The van der Waals surface area contributed by atoms with Crippen LogP contribution in [0.15, 0.2) is 24.3 Å². The first-order valence-electron chi connectivity index (χ1n) is 6.48. The molecule has 1 aromatic carbocycles. The lowest BCUT2D eigenvalue weighted by atomic mass is 9.73. The number of benzene rings is 1. The zero-order chi connectivity index (χ0) is 11.3. The number of nitrogens with zero attached hydrogens (tertiary/aromatic N) is 1. The molecular weight excluding hydrogens is 194 g/mol. The largest absolute Gasteiger partial charge is 0.367 e. The van der Waals surface area contributed by atoms with Gasteiger partial charge in [0.15, 0.2) is 0 Å². The Kier molecular flexibility index (Phi) is 2.07. The third kappa shape index (κ3) is 1.17. The van der Waals surface area contributed by atoms with Crippen LogP contribution in [-0.4, -0.2) is 12.6 Å². The fourth-order valence-electron chi connectivity index (χ4n) is 3.99. The molecule has 2 aliphatic rings. The summed E-state index contributed by atoms with van der Waals surface area (Å²) in [6, 6.07) is 9.69. The molecule has 0 spiro atoms. The van der Waals surface area contributed by atoms with Crippen LogP contribution in [0.4, 0.5) is 5.69 Å². The Hall–Kier alpha value is -0.980. The summed E-state index contributed by atoms with van der Waals surface area (Å²) in [6.07, 6.45) is 2.74. The summed E-state index contributed by atoms with van der Waals surface area (Å²) in [5.41, 5.74) is 3.36. The Balaban J connectivity index is 2.14. The van der Waals surface area contributed by atoms with E-state index in [0.717, 1.165) is 5.92 Å². The number of fused-ring (bicyclic) bond motifs is 3. The zero-order valence-electron chi connectivity index (χ0n) is 10.5. The average molecular weight is 215 g/mol. The van der Waals surface area contributed by atoms with E-state index >= 15 is 0 Å². The van der Waals surface area contributed by atoms with Gasteiger partial charge in [-0.25, -0.2) is 0 Å². The minimum Gasteiger partial charge on any atom is -0.367 e. The fraction of sp³-hybridized carbons (Fsp3) is 0.600. The van der Waals surface area contributed by atoms with Crippen molar-refractivity contribution >= 4 is 5.69 Å². The van der Waals surface area contributed by atoms with E-state index in [1.165, 1.54) is 25.1 Å². The first-order chi connectivity index (χ1) is 7.62. The summed E-state index contributed by atoms with van der Waals surface area (Å²) < 4.78 is 0. The molecule has 2 aliphatic heterocycles. The van der Waals surface area contributed by atoms with Gasteiger partial charge < -0.3 is 4.90 Å². The number of hydrogen-bond acceptors (Lipinski definition) is 1. The van der Waals surface area contributed by atoms with Gasteiger partial charge in [-0.1, -0.05) is 39.0 Å². The van der Waals surface area contributed by atoms with Crippen LogP contribution in [0.25, 0.3) is 0 Å². The Morgan fingerprint density at radius 1 is 1.25 bits per heavy atom. The Morgan fingerprint density at radius 3 is 2.81 bits per heavy atom. The van der Waals surface area contributed by atoms with Gasteiger partial charge in [-0.2, -0.15) is 0 Å². The van der Waals surface area contributed by atoms with Gasteiger partial charge in [-0.05, 0) is 30.4 Å². The predicted octanol–water partition coefficient (Wildman–Crippen LogP) is 3.58. The molecule has 0 amide bonds. The second kappa shape index (κ2) is 3.26. The SMILES string of the molecule is CC1CCCN2c3ccccc3C(C)(C)C12. The van der Waals surface area contributed by atoms with E-state index in [2.05, 4.69) is 49.9 Å². The highest BCUT2D eigenvalue weighted by Gasteiger charge is 2.47. The van der Waals surface area contributed by atoms with Gasteiger partial charge in [0.05, 0.1) is 0 Å². The van der Waals surface area contributed by atoms with E-state index < -0.39 is 0 Å². The molecule has 2 heterocycles. The van der Waals surface area contributed by atoms with Crippen molar-refractivity contribution < 1.29 is 0 Å². The molecule has 0 aliphatic carbocycles. The molecule has 0 radical (unpaired) electrons. The minimum atomic E-state index is 0.316. The first-order valence-corrected chi connectivity index (χ1v) is 6.48. The summed E-state index contributed by atoms with van der Waals surface area (Å²) in [5, 5.41) is 0. The molecule has 1 fully saturated rings. The van der Waals surface area contributed by atoms with Gasteiger partial charge >= 0.3 is 0 Å². The number of hydrogen-bond donors (Lipinski definition) is 0. The van der Waals surface area contributed by atoms with Crippen LogP contribution in [0.5, 0.6) is 0 Å². The molecule has 2 unspecified atom stereocenters. The molecule has 1 saturated heterocycles. The van der Waals surface area contributed by atoms with E-state index in [9.17, 15) is 0 Å². The van der Waals surface area contributed by atoms with Gasteiger partial charge in [-0.15, -0.1) is 0 Å². The van der Waals surface area contributed by atoms with Crippen LogP contribution in [0.1, 0.15) is 39.2 Å². The summed E-state index contributed by atoms with van der Waals surface area (Å²) in [7, 11) is 0. The highest BCUT2D eigenvalue weighted by molar-refractivity contribution is 5.64. The summed E-state index contributed by atoms with van der Waals surface area (Å²) >= 11 is 0. The van der Waals surface area contributed by atoms with E-state index in [4.69, 9.17) is 0 Å². The number of rotatable bonds is 0. The monoisotopic (exact) mass is 215 g/mol. The van der Waals surface area contributed by atoms with Gasteiger partial charge in [-0.3, -0.25) is 0 Å². The van der Waals surface area contributed by atoms with Crippen molar-refractivity contribution in [1.82, 2.24) is 0 Å². The van der Waals surface area contributed by atoms with E-state index in [1.54, 1.807) is 5.56 Å². The van der Waals surface area contributed by atoms with E-state index in [-0.39, 0.29) is 0 Å². The maximum absolute atomic E-state index is 2.66. The normalized spacial score (nSPS) is 31.1. The molecule has 2 atom stereocenters. The molecule has 86 valence electrons. The van der Waals surface area contributed by atoms with Crippen molar-refractivity contribution in [2.24, 2.45) is 5.92 Å². The van der Waals surface area contributed by atoms with Crippen LogP contribution in [-0.2, 0) is 5.41 Å². The average Bonchev–Trinajstić information content (AvgIpc) is 2.50. The lowest BCUT2D eigenvalue weighted by Crippen LogP contribution is -2.49. The van der Waals surface area contributed by atoms with E-state index in [1.807, 2.05) is 0 Å².